The van der Waals surface area contributed by atoms with Gasteiger partial charge in [-0.1, -0.05) is 13.5 Å². The molecule has 0 atom stereocenters. The molecule has 4 heteroatoms. The van der Waals surface area contributed by atoms with Gasteiger partial charge >= 0.3 is 5.97 Å². The smallest absolute Gasteiger partial charge is 0.349 e. The molecule has 0 saturated heterocycles. The Bertz CT molecular complexity index is 379. The lowest BCUT2D eigenvalue weighted by Gasteiger charge is -2.03. The zero-order valence-electron chi connectivity index (χ0n) is 8.87. The fourth-order valence-electron chi connectivity index (χ4n) is 1.05. The molecule has 0 amide bonds. The highest BCUT2D eigenvalue weighted by atomic mass is 32.1. The summed E-state index contributed by atoms with van der Waals surface area (Å²) in [5.41, 5.74) is 0.871. The van der Waals surface area contributed by atoms with Crippen molar-refractivity contribution in [2.45, 2.75) is 20.3 Å². The van der Waals surface area contributed by atoms with Crippen molar-refractivity contribution >= 4 is 17.3 Å². The molecule has 0 unspecified atom stereocenters. The number of carbonyl (C=O) groups is 1. The summed E-state index contributed by atoms with van der Waals surface area (Å²) < 4.78 is 5.37. The molecule has 0 aromatic carbocycles. The highest BCUT2D eigenvalue weighted by molar-refractivity contribution is 7.14. The predicted molar refractivity (Wildman–Crippen MR) is 61.0 cm³/mol. The van der Waals surface area contributed by atoms with Crippen LogP contribution in [0.25, 0.3) is 0 Å². The second-order valence-corrected chi connectivity index (χ2v) is 4.45. The molecule has 0 saturated carbocycles. The van der Waals surface area contributed by atoms with E-state index in [0.29, 0.717) is 12.4 Å². The second kappa shape index (κ2) is 4.98. The maximum atomic E-state index is 10.9. The van der Waals surface area contributed by atoms with Crippen molar-refractivity contribution < 1.29 is 14.6 Å². The molecule has 1 N–H and O–H groups in total. The molecule has 15 heavy (non-hydrogen) atoms. The topological polar surface area (TPSA) is 46.5 Å². The van der Waals surface area contributed by atoms with Crippen molar-refractivity contribution in [2.24, 2.45) is 0 Å². The first-order valence-corrected chi connectivity index (χ1v) is 5.49. The molecular formula is C11H14O3S. The van der Waals surface area contributed by atoms with Crippen LogP contribution in [0.1, 0.15) is 28.4 Å². The van der Waals surface area contributed by atoms with E-state index in [1.165, 1.54) is 11.3 Å². The number of aryl methyl sites for hydroxylation is 1. The first-order chi connectivity index (χ1) is 7.04. The minimum absolute atomic E-state index is 0.271. The minimum atomic E-state index is -0.934. The number of ether oxygens (including phenoxy) is 1. The number of carboxylic acid groups (broad SMARTS) is 1. The van der Waals surface area contributed by atoms with Crippen LogP contribution in [0.3, 0.4) is 0 Å². The fraction of sp³-hybridized carbons (Fsp3) is 0.364. The van der Waals surface area contributed by atoms with Crippen LogP contribution in [0, 0.1) is 0 Å². The third kappa shape index (κ3) is 3.09. The summed E-state index contributed by atoms with van der Waals surface area (Å²) in [6.45, 7) is 7.89. The van der Waals surface area contributed by atoms with Gasteiger partial charge in [0, 0.05) is 4.88 Å². The Hall–Kier alpha value is -1.29. The zero-order valence-corrected chi connectivity index (χ0v) is 9.69. The van der Waals surface area contributed by atoms with Gasteiger partial charge in [-0.25, -0.2) is 4.79 Å². The molecule has 0 spiro atoms. The first-order valence-electron chi connectivity index (χ1n) is 4.67. The Balaban J connectivity index is 2.88. The SMILES string of the molecule is C=C(C)COc1cc(CC)sc1C(=O)O. The van der Waals surface area contributed by atoms with E-state index in [-0.39, 0.29) is 4.88 Å². The van der Waals surface area contributed by atoms with E-state index in [1.54, 1.807) is 6.07 Å². The lowest BCUT2D eigenvalue weighted by Crippen LogP contribution is -2.01. The fourth-order valence-corrected chi connectivity index (χ4v) is 1.93. The van der Waals surface area contributed by atoms with E-state index in [0.717, 1.165) is 16.9 Å². The Labute approximate surface area is 93.0 Å². The van der Waals surface area contributed by atoms with Crippen molar-refractivity contribution in [1.29, 1.82) is 0 Å². The maximum absolute atomic E-state index is 10.9. The molecule has 0 aliphatic heterocycles. The lowest BCUT2D eigenvalue weighted by molar-refractivity contribution is 0.0698. The van der Waals surface area contributed by atoms with E-state index < -0.39 is 5.97 Å². The van der Waals surface area contributed by atoms with Crippen LogP contribution < -0.4 is 4.74 Å². The molecule has 1 aromatic heterocycles. The van der Waals surface area contributed by atoms with Crippen LogP contribution in [0.15, 0.2) is 18.2 Å². The average Bonchev–Trinajstić information content (AvgIpc) is 2.57. The van der Waals surface area contributed by atoms with Gasteiger partial charge in [-0.2, -0.15) is 0 Å². The number of rotatable bonds is 5. The number of hydrogen-bond donors (Lipinski definition) is 1. The number of thiophene rings is 1. The summed E-state index contributed by atoms with van der Waals surface area (Å²) in [5, 5.41) is 8.95. The van der Waals surface area contributed by atoms with Crippen LogP contribution >= 0.6 is 11.3 Å². The molecule has 0 aliphatic rings. The van der Waals surface area contributed by atoms with Crippen molar-refractivity contribution in [2.75, 3.05) is 6.61 Å². The summed E-state index contributed by atoms with van der Waals surface area (Å²) in [6.07, 6.45) is 0.821. The predicted octanol–water partition coefficient (Wildman–Crippen LogP) is 2.96. The maximum Gasteiger partial charge on any atom is 0.349 e. The van der Waals surface area contributed by atoms with Gasteiger partial charge < -0.3 is 9.84 Å². The molecule has 3 nitrogen and oxygen atoms in total. The van der Waals surface area contributed by atoms with Crippen LogP contribution in [-0.4, -0.2) is 17.7 Å². The molecule has 1 rings (SSSR count). The van der Waals surface area contributed by atoms with Crippen molar-refractivity contribution in [3.8, 4) is 5.75 Å². The van der Waals surface area contributed by atoms with Gasteiger partial charge in [-0.05, 0) is 25.0 Å². The Morgan fingerprint density at radius 1 is 1.67 bits per heavy atom. The van der Waals surface area contributed by atoms with Crippen LogP contribution in [0.4, 0.5) is 0 Å². The molecule has 1 aromatic rings. The minimum Gasteiger partial charge on any atom is -0.487 e. The van der Waals surface area contributed by atoms with Gasteiger partial charge in [0.15, 0.2) is 4.88 Å². The summed E-state index contributed by atoms with van der Waals surface area (Å²) >= 11 is 1.27. The third-order valence-electron chi connectivity index (χ3n) is 1.77. The lowest BCUT2D eigenvalue weighted by atomic mass is 10.3. The first kappa shape index (κ1) is 11.8. The van der Waals surface area contributed by atoms with Crippen molar-refractivity contribution in [3.05, 3.63) is 28.0 Å². The summed E-state index contributed by atoms with van der Waals surface area (Å²) in [4.78, 5) is 12.2. The van der Waals surface area contributed by atoms with E-state index in [2.05, 4.69) is 6.58 Å². The largest absolute Gasteiger partial charge is 0.487 e. The number of hydrogen-bond acceptors (Lipinski definition) is 3. The number of aromatic carboxylic acids is 1. The Morgan fingerprint density at radius 3 is 2.80 bits per heavy atom. The van der Waals surface area contributed by atoms with Crippen molar-refractivity contribution in [1.82, 2.24) is 0 Å². The highest BCUT2D eigenvalue weighted by Gasteiger charge is 2.15. The quantitative estimate of drug-likeness (QED) is 0.785. The highest BCUT2D eigenvalue weighted by Crippen LogP contribution is 2.30. The van der Waals surface area contributed by atoms with Crippen LogP contribution in [0.5, 0.6) is 5.75 Å². The average molecular weight is 226 g/mol. The van der Waals surface area contributed by atoms with Gasteiger partial charge in [0.1, 0.15) is 12.4 Å². The summed E-state index contributed by atoms with van der Waals surface area (Å²) in [7, 11) is 0. The van der Waals surface area contributed by atoms with Gasteiger partial charge in [0.05, 0.1) is 0 Å². The summed E-state index contributed by atoms with van der Waals surface area (Å²) in [5.74, 6) is -0.483. The van der Waals surface area contributed by atoms with E-state index in [4.69, 9.17) is 9.84 Å². The van der Waals surface area contributed by atoms with Gasteiger partial charge in [0.2, 0.25) is 0 Å². The Morgan fingerprint density at radius 2 is 2.33 bits per heavy atom. The Kier molecular flexibility index (Phi) is 3.91. The molecule has 0 bridgehead atoms. The van der Waals surface area contributed by atoms with Crippen LogP contribution in [0.2, 0.25) is 0 Å². The third-order valence-corrected chi connectivity index (χ3v) is 3.01. The molecule has 1 heterocycles. The molecule has 82 valence electrons. The molecule has 0 fully saturated rings. The standard InChI is InChI=1S/C11H14O3S/c1-4-8-5-9(14-6-7(2)3)10(15-8)11(12)13/h5H,2,4,6H2,1,3H3,(H,12,13). The molecule has 0 aliphatic carbocycles. The van der Waals surface area contributed by atoms with Crippen molar-refractivity contribution in [3.63, 3.8) is 0 Å². The second-order valence-electron chi connectivity index (χ2n) is 3.31. The van der Waals surface area contributed by atoms with Crippen LogP contribution in [-0.2, 0) is 6.42 Å². The van der Waals surface area contributed by atoms with Gasteiger partial charge in [-0.3, -0.25) is 0 Å². The number of carboxylic acids is 1. The van der Waals surface area contributed by atoms with Gasteiger partial charge in [0.25, 0.3) is 0 Å². The van der Waals surface area contributed by atoms with Gasteiger partial charge in [-0.15, -0.1) is 11.3 Å². The molecular weight excluding hydrogens is 212 g/mol. The zero-order chi connectivity index (χ0) is 11.4. The monoisotopic (exact) mass is 226 g/mol. The summed E-state index contributed by atoms with van der Waals surface area (Å²) in [6, 6.07) is 1.79. The van der Waals surface area contributed by atoms with E-state index >= 15 is 0 Å². The normalized spacial score (nSPS) is 10.0. The van der Waals surface area contributed by atoms with E-state index in [1.807, 2.05) is 13.8 Å². The molecule has 0 radical (unpaired) electrons. The van der Waals surface area contributed by atoms with E-state index in [9.17, 15) is 4.79 Å².